The van der Waals surface area contributed by atoms with Gasteiger partial charge < -0.3 is 44.5 Å². The van der Waals surface area contributed by atoms with Gasteiger partial charge in [0, 0.05) is 49.0 Å². The molecule has 3 heterocycles. The van der Waals surface area contributed by atoms with Gasteiger partial charge >= 0.3 is 5.97 Å². The summed E-state index contributed by atoms with van der Waals surface area (Å²) in [5, 5.41) is 53.7. The number of Topliss-reactive ketones (excluding diaryl/α,β-unsaturated/α-hetero) is 1. The summed E-state index contributed by atoms with van der Waals surface area (Å²) in [7, 11) is 0. The Morgan fingerprint density at radius 1 is 1.10 bits per heavy atom. The van der Waals surface area contributed by atoms with Crippen LogP contribution in [0.2, 0.25) is 0 Å². The van der Waals surface area contributed by atoms with E-state index in [4.69, 9.17) is 18.9 Å². The van der Waals surface area contributed by atoms with Crippen molar-refractivity contribution in [1.82, 2.24) is 0 Å². The van der Waals surface area contributed by atoms with E-state index < -0.39 is 48.5 Å². The molecule has 0 unspecified atom stereocenters. The first-order valence-electron chi connectivity index (χ1n) is 17.7. The van der Waals surface area contributed by atoms with E-state index in [1.165, 1.54) is 0 Å². The molecule has 6 rings (SSSR count). The number of aldehydes is 1. The monoisotopic (exact) mass is 719 g/mol. The predicted octanol–water partition coefficient (Wildman–Crippen LogP) is 1.10. The Morgan fingerprint density at radius 3 is 2.58 bits per heavy atom. The Kier molecular flexibility index (Phi) is 11.3. The third kappa shape index (κ3) is 6.79. The van der Waals surface area contributed by atoms with Crippen LogP contribution in [0, 0.1) is 5.92 Å². The van der Waals surface area contributed by atoms with Gasteiger partial charge in [-0.3, -0.25) is 14.6 Å². The maximum atomic E-state index is 13.9. The second-order valence-corrected chi connectivity index (χ2v) is 13.7. The minimum absolute atomic E-state index is 0.0187. The molecule has 278 valence electrons. The van der Waals surface area contributed by atoms with Gasteiger partial charge in [-0.2, -0.15) is 0 Å². The van der Waals surface area contributed by atoms with E-state index in [2.05, 4.69) is 4.99 Å². The van der Waals surface area contributed by atoms with Gasteiger partial charge in [0.25, 0.3) is 0 Å². The number of rotatable bonds is 14. The average molecular weight is 720 g/mol. The first-order valence-corrected chi connectivity index (χ1v) is 17.7. The number of ether oxygens (including phenoxy) is 4. The second kappa shape index (κ2) is 15.7. The Morgan fingerprint density at radius 2 is 1.88 bits per heavy atom. The summed E-state index contributed by atoms with van der Waals surface area (Å²) in [5.41, 5.74) is 0.856. The smallest absolute Gasteiger partial charge is 0.375 e. The number of aliphatic hydroxyl groups excluding tert-OH is 4. The summed E-state index contributed by atoms with van der Waals surface area (Å²) >= 11 is 0. The van der Waals surface area contributed by atoms with E-state index in [0.717, 1.165) is 10.6 Å². The van der Waals surface area contributed by atoms with Gasteiger partial charge in [0.15, 0.2) is 6.29 Å². The summed E-state index contributed by atoms with van der Waals surface area (Å²) < 4.78 is 24.3. The highest BCUT2D eigenvalue weighted by Crippen LogP contribution is 2.57. The molecule has 13 heteroatoms. The molecule has 0 amide bonds. The first kappa shape index (κ1) is 37.4. The number of hydrogen-bond acceptors (Lipinski definition) is 13. The van der Waals surface area contributed by atoms with Crippen LogP contribution >= 0.6 is 0 Å². The molecule has 1 saturated carbocycles. The number of carbonyl (C=O) groups is 3. The Labute approximate surface area is 300 Å². The number of hydrogen-bond donors (Lipinski definition) is 5. The van der Waals surface area contributed by atoms with E-state index in [9.17, 15) is 39.9 Å². The number of esters is 1. The standard InChI is InChI=1S/C39H45NO12/c1-3-49-38(47)37-27(19-44)31(23-15-24(18-43)33(46)25(16-23)21-6-7-29-22(14-21)8-10-40-29)32-35(50-13-5-12-42)26-17-30(39(2,48)9-4-11-41)51-34(26)28(20-45)36(32)52-37/h6-8,14,19,24-25,30,41-43,45,48H,3-5,9-13,15-18,20H2,1-2H3/b31-23-/t24-,25-,30+,39-/m1/s1. The molecule has 0 spiro atoms. The summed E-state index contributed by atoms with van der Waals surface area (Å²) in [5.74, 6) is -2.69. The summed E-state index contributed by atoms with van der Waals surface area (Å²) in [4.78, 5) is 45.0. The number of ketones is 1. The van der Waals surface area contributed by atoms with E-state index in [1.807, 2.05) is 24.3 Å². The molecule has 0 bridgehead atoms. The van der Waals surface area contributed by atoms with Gasteiger partial charge in [0.1, 0.15) is 29.1 Å². The Balaban J connectivity index is 1.63. The van der Waals surface area contributed by atoms with Crippen molar-refractivity contribution in [3.8, 4) is 17.2 Å². The molecule has 4 aliphatic rings. The van der Waals surface area contributed by atoms with Crippen LogP contribution < -0.4 is 24.8 Å². The maximum absolute atomic E-state index is 13.9. The van der Waals surface area contributed by atoms with E-state index >= 15 is 0 Å². The number of aliphatic hydroxyl groups is 5. The summed E-state index contributed by atoms with van der Waals surface area (Å²) in [6.07, 6.45) is 2.68. The van der Waals surface area contributed by atoms with Gasteiger partial charge in [-0.15, -0.1) is 0 Å². The number of benzene rings is 2. The van der Waals surface area contributed by atoms with Crippen LogP contribution in [0.1, 0.15) is 74.1 Å². The van der Waals surface area contributed by atoms with Gasteiger partial charge in [-0.25, -0.2) is 4.79 Å². The van der Waals surface area contributed by atoms with E-state index in [1.54, 1.807) is 13.8 Å². The molecule has 2 aromatic rings. The lowest BCUT2D eigenvalue weighted by Crippen LogP contribution is -2.42. The van der Waals surface area contributed by atoms with Crippen molar-refractivity contribution in [3.63, 3.8) is 0 Å². The third-order valence-electron chi connectivity index (χ3n) is 10.3. The number of allylic oxidation sites excluding steroid dienone is 3. The van der Waals surface area contributed by atoms with E-state index in [-0.39, 0.29) is 104 Å². The molecule has 1 fully saturated rings. The zero-order chi connectivity index (χ0) is 37.2. The zero-order valence-corrected chi connectivity index (χ0v) is 29.4. The van der Waals surface area contributed by atoms with Crippen LogP contribution in [0.3, 0.4) is 0 Å². The predicted molar refractivity (Wildman–Crippen MR) is 186 cm³/mol. The quantitative estimate of drug-likeness (QED) is 0.106. The van der Waals surface area contributed by atoms with Gasteiger partial charge in [0.2, 0.25) is 5.76 Å². The third-order valence-corrected chi connectivity index (χ3v) is 10.3. The molecule has 0 aromatic heterocycles. The van der Waals surface area contributed by atoms with Crippen LogP contribution in [-0.4, -0.2) is 94.9 Å². The van der Waals surface area contributed by atoms with Gasteiger partial charge in [-0.1, -0.05) is 17.7 Å². The van der Waals surface area contributed by atoms with Crippen LogP contribution in [0.4, 0.5) is 0 Å². The van der Waals surface area contributed by atoms with Gasteiger partial charge in [0.05, 0.1) is 60.6 Å². The number of nitrogens with zero attached hydrogens (tertiary/aromatic N) is 1. The minimum Gasteiger partial charge on any atom is -0.492 e. The fourth-order valence-corrected chi connectivity index (χ4v) is 7.64. The maximum Gasteiger partial charge on any atom is 0.375 e. The fourth-order valence-electron chi connectivity index (χ4n) is 7.64. The van der Waals surface area contributed by atoms with Crippen molar-refractivity contribution in [3.05, 3.63) is 67.9 Å². The lowest BCUT2D eigenvalue weighted by molar-refractivity contribution is -0.141. The molecule has 5 N–H and O–H groups in total. The average Bonchev–Trinajstić information content (AvgIpc) is 3.81. The van der Waals surface area contributed by atoms with Crippen molar-refractivity contribution in [2.45, 2.75) is 76.6 Å². The van der Waals surface area contributed by atoms with Crippen molar-refractivity contribution in [2.75, 3.05) is 39.6 Å². The molecular weight excluding hydrogens is 674 g/mol. The molecule has 4 atom stereocenters. The molecule has 0 radical (unpaired) electrons. The van der Waals surface area contributed by atoms with Crippen LogP contribution in [-0.2, 0) is 32.1 Å². The molecular formula is C39H45NO12. The zero-order valence-electron chi connectivity index (χ0n) is 29.4. The van der Waals surface area contributed by atoms with Crippen LogP contribution in [0.15, 0.2) is 40.1 Å². The van der Waals surface area contributed by atoms with Crippen LogP contribution in [0.25, 0.3) is 11.6 Å². The highest BCUT2D eigenvalue weighted by molar-refractivity contribution is 6.11. The van der Waals surface area contributed by atoms with Crippen molar-refractivity contribution in [2.24, 2.45) is 10.9 Å². The van der Waals surface area contributed by atoms with Crippen LogP contribution in [0.5, 0.6) is 17.2 Å². The molecule has 3 aliphatic heterocycles. The minimum atomic E-state index is -1.41. The van der Waals surface area contributed by atoms with E-state index in [0.29, 0.717) is 36.0 Å². The van der Waals surface area contributed by atoms with Crippen molar-refractivity contribution in [1.29, 1.82) is 0 Å². The number of carbonyl (C=O) groups excluding carboxylic acids is 3. The molecule has 13 nitrogen and oxygen atoms in total. The Bertz CT molecular complexity index is 1940. The van der Waals surface area contributed by atoms with Gasteiger partial charge in [-0.05, 0) is 62.4 Å². The Hall–Kier alpha value is -4.40. The first-order chi connectivity index (χ1) is 25.1. The summed E-state index contributed by atoms with van der Waals surface area (Å²) in [6, 6.07) is 5.60. The SMILES string of the molecule is CCOC(=O)C1=C(C=O)/C(=C2\C[C@H](CO)C(=O)[C@@H](c3ccc4c(c3)=CCN=4)C2)c2c(OCCCO)c3c(c(CO)c2O1)O[C@H]([C@](C)(O)CCCO)C3. The highest BCUT2D eigenvalue weighted by Gasteiger charge is 2.46. The molecule has 1 aliphatic carbocycles. The van der Waals surface area contributed by atoms with Crippen molar-refractivity contribution < 1.29 is 58.9 Å². The number of fused-ring (bicyclic) bond motifs is 3. The molecule has 2 aromatic carbocycles. The lowest BCUT2D eigenvalue weighted by atomic mass is 9.71. The topological polar surface area (TPSA) is 202 Å². The lowest BCUT2D eigenvalue weighted by Gasteiger charge is -2.34. The second-order valence-electron chi connectivity index (χ2n) is 13.7. The molecule has 0 saturated heterocycles. The fraction of sp³-hybridized carbons (Fsp3) is 0.487. The highest BCUT2D eigenvalue weighted by atomic mass is 16.6. The summed E-state index contributed by atoms with van der Waals surface area (Å²) in [6.45, 7) is 2.33. The largest absolute Gasteiger partial charge is 0.492 e. The van der Waals surface area contributed by atoms with Crippen molar-refractivity contribution >= 4 is 29.7 Å². The normalized spacial score (nSPS) is 23.0. The molecule has 52 heavy (non-hydrogen) atoms.